The molecule has 3 nitrogen and oxygen atoms in total. The minimum absolute atomic E-state index is 0.696. The first kappa shape index (κ1) is 12.5. The van der Waals surface area contributed by atoms with Crippen LogP contribution in [0.2, 0.25) is 0 Å². The summed E-state index contributed by atoms with van der Waals surface area (Å²) < 4.78 is 7.87. The molecule has 0 fully saturated rings. The zero-order valence-corrected chi connectivity index (χ0v) is 11.8. The van der Waals surface area contributed by atoms with Gasteiger partial charge in [0.2, 0.25) is 0 Å². The molecule has 1 aromatic carbocycles. The van der Waals surface area contributed by atoms with E-state index >= 15 is 0 Å². The number of aromatic nitrogens is 1. The lowest BCUT2D eigenvalue weighted by Crippen LogP contribution is -2.14. The van der Waals surface area contributed by atoms with Gasteiger partial charge in [0, 0.05) is 24.2 Å². The number of rotatable bonds is 3. The third-order valence-corrected chi connectivity index (χ3v) is 4.22. The normalized spacial score (nSPS) is 14.7. The summed E-state index contributed by atoms with van der Waals surface area (Å²) >= 11 is 0. The van der Waals surface area contributed by atoms with E-state index in [-0.39, 0.29) is 0 Å². The van der Waals surface area contributed by atoms with Crippen LogP contribution in [-0.4, -0.2) is 18.2 Å². The second-order valence-electron chi connectivity index (χ2n) is 5.41. The number of hydrogen-bond acceptors (Lipinski definition) is 2. The van der Waals surface area contributed by atoms with Crippen LogP contribution >= 0.6 is 0 Å². The van der Waals surface area contributed by atoms with Gasteiger partial charge in [-0.25, -0.2) is 0 Å². The molecular weight excluding hydrogens is 236 g/mol. The molecule has 1 aromatic heterocycles. The largest absolute Gasteiger partial charge is 0.497 e. The highest BCUT2D eigenvalue weighted by Crippen LogP contribution is 2.36. The smallest absolute Gasteiger partial charge is 0.119 e. The summed E-state index contributed by atoms with van der Waals surface area (Å²) in [6.45, 7) is 3.78. The zero-order chi connectivity index (χ0) is 13.4. The lowest BCUT2D eigenvalue weighted by Gasteiger charge is -2.15. The van der Waals surface area contributed by atoms with E-state index in [1.54, 1.807) is 7.11 Å². The van der Waals surface area contributed by atoms with Crippen molar-refractivity contribution in [1.29, 1.82) is 0 Å². The van der Waals surface area contributed by atoms with Crippen molar-refractivity contribution in [1.82, 2.24) is 4.57 Å². The molecule has 0 aliphatic heterocycles. The van der Waals surface area contributed by atoms with Gasteiger partial charge in [-0.05, 0) is 55.9 Å². The van der Waals surface area contributed by atoms with Gasteiger partial charge in [-0.2, -0.15) is 0 Å². The summed E-state index contributed by atoms with van der Waals surface area (Å²) in [5.74, 6) is 0.961. The first-order valence-electron chi connectivity index (χ1n) is 7.15. The van der Waals surface area contributed by atoms with Crippen LogP contribution in [0.15, 0.2) is 12.1 Å². The number of fused-ring (bicyclic) bond motifs is 3. The lowest BCUT2D eigenvalue weighted by atomic mass is 9.95. The van der Waals surface area contributed by atoms with E-state index in [0.29, 0.717) is 6.54 Å². The van der Waals surface area contributed by atoms with Crippen molar-refractivity contribution in [3.63, 3.8) is 0 Å². The Bertz CT molecular complexity index is 613. The highest BCUT2D eigenvalue weighted by atomic mass is 16.5. The van der Waals surface area contributed by atoms with E-state index in [1.165, 1.54) is 53.4 Å². The number of nitrogens with two attached hydrogens (primary N) is 1. The molecule has 0 spiro atoms. The maximum atomic E-state index is 5.80. The van der Waals surface area contributed by atoms with Crippen molar-refractivity contribution in [2.24, 2.45) is 5.73 Å². The summed E-state index contributed by atoms with van der Waals surface area (Å²) in [5.41, 5.74) is 11.5. The summed E-state index contributed by atoms with van der Waals surface area (Å²) in [7, 11) is 1.74. The molecule has 2 N–H and O–H groups in total. The molecule has 1 heterocycles. The fourth-order valence-electron chi connectivity index (χ4n) is 3.44. The van der Waals surface area contributed by atoms with E-state index in [0.717, 1.165) is 12.3 Å². The fraction of sp³-hybridized carbons (Fsp3) is 0.500. The average Bonchev–Trinajstić information content (AvgIpc) is 2.75. The Labute approximate surface area is 114 Å². The molecule has 0 saturated carbocycles. The Morgan fingerprint density at radius 1 is 1.26 bits per heavy atom. The van der Waals surface area contributed by atoms with Gasteiger partial charge in [0.1, 0.15) is 5.75 Å². The standard InChI is InChI=1S/C16H22N2O/c1-11-9-12(19-2)10-14-13-5-3-4-6-15(13)18(8-7-17)16(11)14/h9-10H,3-8,17H2,1-2H3. The van der Waals surface area contributed by atoms with Gasteiger partial charge in [0.15, 0.2) is 0 Å². The monoisotopic (exact) mass is 258 g/mol. The SMILES string of the molecule is COc1cc(C)c2c(c1)c1c(n2CCN)CCCC1. The van der Waals surface area contributed by atoms with Crippen LogP contribution in [0.3, 0.4) is 0 Å². The number of hydrogen-bond donors (Lipinski definition) is 1. The molecular formula is C16H22N2O. The van der Waals surface area contributed by atoms with Crippen LogP contribution in [0.5, 0.6) is 5.75 Å². The second-order valence-corrected chi connectivity index (χ2v) is 5.41. The van der Waals surface area contributed by atoms with E-state index < -0.39 is 0 Å². The molecule has 0 atom stereocenters. The summed E-state index contributed by atoms with van der Waals surface area (Å²) in [6, 6.07) is 4.32. The van der Waals surface area contributed by atoms with Gasteiger partial charge in [0.05, 0.1) is 12.6 Å². The Kier molecular flexibility index (Phi) is 3.23. The van der Waals surface area contributed by atoms with Crippen molar-refractivity contribution in [3.8, 4) is 5.75 Å². The molecule has 1 aliphatic carbocycles. The molecule has 0 amide bonds. The predicted molar refractivity (Wildman–Crippen MR) is 78.9 cm³/mol. The van der Waals surface area contributed by atoms with E-state index in [2.05, 4.69) is 23.6 Å². The van der Waals surface area contributed by atoms with Crippen molar-refractivity contribution in [2.45, 2.75) is 39.2 Å². The van der Waals surface area contributed by atoms with Crippen molar-refractivity contribution >= 4 is 10.9 Å². The van der Waals surface area contributed by atoms with Crippen LogP contribution in [0.1, 0.15) is 29.7 Å². The van der Waals surface area contributed by atoms with Crippen LogP contribution < -0.4 is 10.5 Å². The van der Waals surface area contributed by atoms with Crippen LogP contribution in [0.4, 0.5) is 0 Å². The van der Waals surface area contributed by atoms with Gasteiger partial charge >= 0.3 is 0 Å². The topological polar surface area (TPSA) is 40.2 Å². The van der Waals surface area contributed by atoms with Crippen LogP contribution in [-0.2, 0) is 19.4 Å². The Morgan fingerprint density at radius 2 is 2.05 bits per heavy atom. The quantitative estimate of drug-likeness (QED) is 0.919. The minimum atomic E-state index is 0.696. The highest BCUT2D eigenvalue weighted by Gasteiger charge is 2.21. The molecule has 0 bridgehead atoms. The van der Waals surface area contributed by atoms with Crippen molar-refractivity contribution in [3.05, 3.63) is 29.0 Å². The van der Waals surface area contributed by atoms with Crippen molar-refractivity contribution in [2.75, 3.05) is 13.7 Å². The van der Waals surface area contributed by atoms with Gasteiger partial charge in [-0.15, -0.1) is 0 Å². The molecule has 2 aromatic rings. The summed E-state index contributed by atoms with van der Waals surface area (Å²) in [4.78, 5) is 0. The van der Waals surface area contributed by atoms with E-state index in [1.807, 2.05) is 0 Å². The molecule has 1 aliphatic rings. The molecule has 3 heteroatoms. The Hall–Kier alpha value is -1.48. The maximum Gasteiger partial charge on any atom is 0.119 e. The third kappa shape index (κ3) is 1.93. The first-order chi connectivity index (χ1) is 9.26. The fourth-order valence-corrected chi connectivity index (χ4v) is 3.44. The Balaban J connectivity index is 2.32. The maximum absolute atomic E-state index is 5.80. The Morgan fingerprint density at radius 3 is 2.79 bits per heavy atom. The van der Waals surface area contributed by atoms with E-state index in [4.69, 9.17) is 10.5 Å². The van der Waals surface area contributed by atoms with E-state index in [9.17, 15) is 0 Å². The van der Waals surface area contributed by atoms with Crippen LogP contribution in [0.25, 0.3) is 10.9 Å². The number of nitrogens with zero attached hydrogens (tertiary/aromatic N) is 1. The third-order valence-electron chi connectivity index (χ3n) is 4.22. The highest BCUT2D eigenvalue weighted by molar-refractivity contribution is 5.90. The predicted octanol–water partition coefficient (Wildman–Crippen LogP) is 2.80. The number of methoxy groups -OCH3 is 1. The minimum Gasteiger partial charge on any atom is -0.497 e. The molecule has 0 saturated heterocycles. The molecule has 0 radical (unpaired) electrons. The number of ether oxygens (including phenoxy) is 1. The summed E-state index contributed by atoms with van der Waals surface area (Å²) in [6.07, 6.45) is 4.97. The van der Waals surface area contributed by atoms with Crippen LogP contribution in [0, 0.1) is 6.92 Å². The second kappa shape index (κ2) is 4.89. The zero-order valence-electron chi connectivity index (χ0n) is 11.8. The lowest BCUT2D eigenvalue weighted by molar-refractivity contribution is 0.415. The summed E-state index contributed by atoms with van der Waals surface area (Å²) in [5, 5.41) is 1.38. The molecule has 0 unspecified atom stereocenters. The average molecular weight is 258 g/mol. The molecule has 19 heavy (non-hydrogen) atoms. The number of benzene rings is 1. The van der Waals surface area contributed by atoms with Crippen molar-refractivity contribution < 1.29 is 4.74 Å². The molecule has 3 rings (SSSR count). The van der Waals surface area contributed by atoms with Gasteiger partial charge in [-0.1, -0.05) is 0 Å². The molecule has 102 valence electrons. The van der Waals surface area contributed by atoms with Gasteiger partial charge < -0.3 is 15.0 Å². The van der Waals surface area contributed by atoms with Gasteiger partial charge in [0.25, 0.3) is 0 Å². The van der Waals surface area contributed by atoms with Gasteiger partial charge in [-0.3, -0.25) is 0 Å². The number of aryl methyl sites for hydroxylation is 2. The first-order valence-corrected chi connectivity index (χ1v) is 7.15.